The predicted molar refractivity (Wildman–Crippen MR) is 71.5 cm³/mol. The first-order valence-corrected chi connectivity index (χ1v) is 6.70. The quantitative estimate of drug-likeness (QED) is 0.664. The highest BCUT2D eigenvalue weighted by Crippen LogP contribution is 2.20. The number of ether oxygens (including phenoxy) is 1. The van der Waals surface area contributed by atoms with Gasteiger partial charge in [-0.15, -0.1) is 0 Å². The average Bonchev–Trinajstić information content (AvgIpc) is 2.36. The lowest BCUT2D eigenvalue weighted by Crippen LogP contribution is -2.00. The first kappa shape index (κ1) is 14.0. The van der Waals surface area contributed by atoms with Gasteiger partial charge >= 0.3 is 0 Å². The van der Waals surface area contributed by atoms with Crippen LogP contribution in [0.15, 0.2) is 24.3 Å². The van der Waals surface area contributed by atoms with Crippen molar-refractivity contribution in [2.75, 3.05) is 13.2 Å². The predicted octanol–water partition coefficient (Wildman–Crippen LogP) is 3.57. The number of aliphatic hydroxyl groups excluding tert-OH is 1. The number of hydrogen-bond donors (Lipinski definition) is 1. The maximum absolute atomic E-state index is 8.78. The van der Waals surface area contributed by atoms with Gasteiger partial charge in [0.15, 0.2) is 0 Å². The standard InChI is InChI=1S/C15H24O2/c1-2-3-8-13-17-15-11-5-4-9-14(15)10-6-7-12-16/h4-5,9,11,16H,2-3,6-8,10,12-13H2,1H3. The van der Waals surface area contributed by atoms with Crippen molar-refractivity contribution in [2.24, 2.45) is 0 Å². The first-order chi connectivity index (χ1) is 8.38. The fraction of sp³-hybridized carbons (Fsp3) is 0.600. The average molecular weight is 236 g/mol. The van der Waals surface area contributed by atoms with Gasteiger partial charge in [0.1, 0.15) is 5.75 Å². The Morgan fingerprint density at radius 1 is 1.06 bits per heavy atom. The molecule has 96 valence electrons. The van der Waals surface area contributed by atoms with Crippen LogP contribution >= 0.6 is 0 Å². The van der Waals surface area contributed by atoms with Crippen molar-refractivity contribution in [3.8, 4) is 5.75 Å². The maximum atomic E-state index is 8.78. The largest absolute Gasteiger partial charge is 0.493 e. The second kappa shape index (κ2) is 9.06. The number of rotatable bonds is 9. The molecule has 0 spiro atoms. The van der Waals surface area contributed by atoms with Crippen LogP contribution in [0.25, 0.3) is 0 Å². The van der Waals surface area contributed by atoms with Crippen LogP contribution in [0.2, 0.25) is 0 Å². The molecular weight excluding hydrogens is 212 g/mol. The summed E-state index contributed by atoms with van der Waals surface area (Å²) in [5.74, 6) is 1.02. The van der Waals surface area contributed by atoms with Gasteiger partial charge in [-0.3, -0.25) is 0 Å². The molecule has 0 amide bonds. The minimum Gasteiger partial charge on any atom is -0.493 e. The molecule has 1 aromatic carbocycles. The Hall–Kier alpha value is -1.02. The van der Waals surface area contributed by atoms with E-state index >= 15 is 0 Å². The van der Waals surface area contributed by atoms with Crippen LogP contribution in [-0.4, -0.2) is 18.3 Å². The second-order valence-corrected chi connectivity index (χ2v) is 4.34. The van der Waals surface area contributed by atoms with Gasteiger partial charge in [0.2, 0.25) is 0 Å². The van der Waals surface area contributed by atoms with Crippen molar-refractivity contribution in [1.82, 2.24) is 0 Å². The van der Waals surface area contributed by atoms with E-state index in [4.69, 9.17) is 9.84 Å². The topological polar surface area (TPSA) is 29.5 Å². The minimum atomic E-state index is 0.277. The van der Waals surface area contributed by atoms with Gasteiger partial charge in [-0.25, -0.2) is 0 Å². The van der Waals surface area contributed by atoms with Crippen molar-refractivity contribution >= 4 is 0 Å². The van der Waals surface area contributed by atoms with Gasteiger partial charge in [-0.1, -0.05) is 38.0 Å². The molecule has 0 aliphatic heterocycles. The maximum Gasteiger partial charge on any atom is 0.122 e. The number of para-hydroxylation sites is 1. The Morgan fingerprint density at radius 2 is 1.88 bits per heavy atom. The molecule has 0 saturated carbocycles. The second-order valence-electron chi connectivity index (χ2n) is 4.34. The Balaban J connectivity index is 2.40. The molecule has 0 fully saturated rings. The van der Waals surface area contributed by atoms with Gasteiger partial charge in [0.25, 0.3) is 0 Å². The summed E-state index contributed by atoms with van der Waals surface area (Å²) in [4.78, 5) is 0. The minimum absolute atomic E-state index is 0.277. The molecule has 17 heavy (non-hydrogen) atoms. The van der Waals surface area contributed by atoms with E-state index in [9.17, 15) is 0 Å². The van der Waals surface area contributed by atoms with Gasteiger partial charge in [-0.2, -0.15) is 0 Å². The van der Waals surface area contributed by atoms with Crippen LogP contribution in [0.5, 0.6) is 5.75 Å². The fourth-order valence-corrected chi connectivity index (χ4v) is 1.81. The molecule has 1 N–H and O–H groups in total. The summed E-state index contributed by atoms with van der Waals surface area (Å²) in [5, 5.41) is 8.78. The number of aliphatic hydroxyl groups is 1. The Bertz CT molecular complexity index is 297. The lowest BCUT2D eigenvalue weighted by atomic mass is 10.1. The van der Waals surface area contributed by atoms with Gasteiger partial charge in [-0.05, 0) is 37.3 Å². The zero-order valence-electron chi connectivity index (χ0n) is 10.8. The van der Waals surface area contributed by atoms with Crippen molar-refractivity contribution in [3.05, 3.63) is 29.8 Å². The molecule has 2 heteroatoms. The molecule has 0 bridgehead atoms. The van der Waals surface area contributed by atoms with Crippen molar-refractivity contribution in [2.45, 2.75) is 45.4 Å². The van der Waals surface area contributed by atoms with Crippen LogP contribution < -0.4 is 4.74 Å². The van der Waals surface area contributed by atoms with E-state index < -0.39 is 0 Å². The van der Waals surface area contributed by atoms with E-state index in [2.05, 4.69) is 13.0 Å². The molecule has 0 atom stereocenters. The monoisotopic (exact) mass is 236 g/mol. The molecule has 2 nitrogen and oxygen atoms in total. The van der Waals surface area contributed by atoms with E-state index in [0.29, 0.717) is 0 Å². The van der Waals surface area contributed by atoms with Gasteiger partial charge < -0.3 is 9.84 Å². The van der Waals surface area contributed by atoms with Crippen LogP contribution in [0, 0.1) is 0 Å². The molecule has 0 aromatic heterocycles. The summed E-state index contributed by atoms with van der Waals surface area (Å²) in [7, 11) is 0. The zero-order valence-corrected chi connectivity index (χ0v) is 10.8. The Kier molecular flexibility index (Phi) is 7.48. The highest BCUT2D eigenvalue weighted by Gasteiger charge is 2.02. The summed E-state index contributed by atoms with van der Waals surface area (Å²) in [6.07, 6.45) is 6.45. The van der Waals surface area contributed by atoms with Crippen LogP contribution in [-0.2, 0) is 6.42 Å². The molecular formula is C15H24O2. The summed E-state index contributed by atoms with van der Waals surface area (Å²) in [5.41, 5.74) is 1.26. The van der Waals surface area contributed by atoms with E-state index in [1.807, 2.05) is 18.2 Å². The smallest absolute Gasteiger partial charge is 0.122 e. The zero-order chi connectivity index (χ0) is 12.3. The third-order valence-corrected chi connectivity index (χ3v) is 2.83. The van der Waals surface area contributed by atoms with Gasteiger partial charge in [0, 0.05) is 6.61 Å². The van der Waals surface area contributed by atoms with E-state index in [-0.39, 0.29) is 6.61 Å². The van der Waals surface area contributed by atoms with Crippen LogP contribution in [0.4, 0.5) is 0 Å². The summed E-state index contributed by atoms with van der Waals surface area (Å²) in [6, 6.07) is 8.23. The number of hydrogen-bond acceptors (Lipinski definition) is 2. The van der Waals surface area contributed by atoms with Crippen LogP contribution in [0.3, 0.4) is 0 Å². The third kappa shape index (κ3) is 5.73. The van der Waals surface area contributed by atoms with Gasteiger partial charge in [0.05, 0.1) is 6.61 Å². The molecule has 1 aromatic rings. The van der Waals surface area contributed by atoms with Crippen LogP contribution in [0.1, 0.15) is 44.6 Å². The Labute approximate surface area is 105 Å². The Morgan fingerprint density at radius 3 is 2.65 bits per heavy atom. The number of aryl methyl sites for hydroxylation is 1. The molecule has 0 saturated heterocycles. The highest BCUT2D eigenvalue weighted by molar-refractivity contribution is 5.33. The van der Waals surface area contributed by atoms with Crippen molar-refractivity contribution in [1.29, 1.82) is 0 Å². The lowest BCUT2D eigenvalue weighted by molar-refractivity contribution is 0.282. The summed E-state index contributed by atoms with van der Waals surface area (Å²) >= 11 is 0. The molecule has 0 radical (unpaired) electrons. The molecule has 0 aliphatic carbocycles. The van der Waals surface area contributed by atoms with Crippen molar-refractivity contribution < 1.29 is 9.84 Å². The fourth-order valence-electron chi connectivity index (χ4n) is 1.81. The normalized spacial score (nSPS) is 10.5. The molecule has 1 rings (SSSR count). The molecule has 0 aliphatic rings. The number of unbranched alkanes of at least 4 members (excludes halogenated alkanes) is 3. The van der Waals surface area contributed by atoms with E-state index in [0.717, 1.165) is 38.0 Å². The summed E-state index contributed by atoms with van der Waals surface area (Å²) in [6.45, 7) is 3.28. The first-order valence-electron chi connectivity index (χ1n) is 6.70. The van der Waals surface area contributed by atoms with Crippen molar-refractivity contribution in [3.63, 3.8) is 0 Å². The van der Waals surface area contributed by atoms with E-state index in [1.165, 1.54) is 18.4 Å². The SMILES string of the molecule is CCCCCOc1ccccc1CCCCO. The lowest BCUT2D eigenvalue weighted by Gasteiger charge is -2.11. The molecule has 0 unspecified atom stereocenters. The summed E-state index contributed by atoms with van der Waals surface area (Å²) < 4.78 is 5.81. The van der Waals surface area contributed by atoms with E-state index in [1.54, 1.807) is 0 Å². The number of benzene rings is 1. The third-order valence-electron chi connectivity index (χ3n) is 2.83. The molecule has 0 heterocycles. The highest BCUT2D eigenvalue weighted by atomic mass is 16.5.